The zero-order valence-corrected chi connectivity index (χ0v) is 8.38. The summed E-state index contributed by atoms with van der Waals surface area (Å²) in [4.78, 5) is 0. The molecule has 0 aliphatic carbocycles. The summed E-state index contributed by atoms with van der Waals surface area (Å²) in [5, 5.41) is 9.18. The summed E-state index contributed by atoms with van der Waals surface area (Å²) < 4.78 is 42.9. The molecule has 1 aliphatic heterocycles. The van der Waals surface area contributed by atoms with Gasteiger partial charge in [-0.25, -0.2) is 0 Å². The summed E-state index contributed by atoms with van der Waals surface area (Å²) in [7, 11) is 0. The van der Waals surface area contributed by atoms with Crippen LogP contribution in [0.4, 0.5) is 13.2 Å². The van der Waals surface area contributed by atoms with Crippen molar-refractivity contribution in [1.82, 2.24) is 0 Å². The molecule has 0 fully saturated rings. The number of benzene rings is 1. The van der Waals surface area contributed by atoms with Gasteiger partial charge in [0.25, 0.3) is 0 Å². The van der Waals surface area contributed by atoms with Crippen LogP contribution in [-0.4, -0.2) is 17.6 Å². The topological polar surface area (TPSA) is 29.5 Å². The van der Waals surface area contributed by atoms with Crippen molar-refractivity contribution in [1.29, 1.82) is 0 Å². The maximum atomic E-state index is 12.7. The van der Waals surface area contributed by atoms with Crippen LogP contribution in [0.2, 0.25) is 0 Å². The molecule has 1 aromatic rings. The number of alkyl halides is 3. The molecule has 0 spiro atoms. The van der Waals surface area contributed by atoms with Gasteiger partial charge in [-0.1, -0.05) is 12.1 Å². The Morgan fingerprint density at radius 2 is 2.00 bits per heavy atom. The Morgan fingerprint density at radius 1 is 1.31 bits per heavy atom. The van der Waals surface area contributed by atoms with Crippen LogP contribution in [0, 0.1) is 6.92 Å². The Morgan fingerprint density at radius 3 is 2.62 bits per heavy atom. The van der Waals surface area contributed by atoms with Gasteiger partial charge in [-0.3, -0.25) is 0 Å². The minimum absolute atomic E-state index is 0.0385. The molecule has 1 atom stereocenters. The molecule has 0 saturated carbocycles. The highest BCUT2D eigenvalue weighted by atomic mass is 19.4. The number of hydrogen-bond donors (Lipinski definition) is 1. The van der Waals surface area contributed by atoms with Gasteiger partial charge in [-0.05, 0) is 24.6 Å². The average Bonchev–Trinajstić information content (AvgIpc) is 2.14. The molecule has 1 unspecified atom stereocenters. The number of hydrogen-bond acceptors (Lipinski definition) is 2. The van der Waals surface area contributed by atoms with Crippen LogP contribution < -0.4 is 4.74 Å². The molecule has 16 heavy (non-hydrogen) atoms. The maximum Gasteiger partial charge on any atom is 0.417 e. The Balaban J connectivity index is 2.56. The van der Waals surface area contributed by atoms with Crippen LogP contribution in [0.1, 0.15) is 11.1 Å². The highest BCUT2D eigenvalue weighted by Crippen LogP contribution is 2.41. The van der Waals surface area contributed by atoms with E-state index in [-0.39, 0.29) is 11.3 Å². The summed E-state index contributed by atoms with van der Waals surface area (Å²) >= 11 is 0. The van der Waals surface area contributed by atoms with Crippen molar-refractivity contribution in [3.63, 3.8) is 0 Å². The largest absolute Gasteiger partial charge is 0.461 e. The maximum absolute atomic E-state index is 12.7. The highest BCUT2D eigenvalue weighted by Gasteiger charge is 2.39. The Labute approximate surface area is 90.0 Å². The second-order valence-corrected chi connectivity index (χ2v) is 3.59. The van der Waals surface area contributed by atoms with E-state index in [4.69, 9.17) is 4.74 Å². The number of halogens is 3. The van der Waals surface area contributed by atoms with Crippen molar-refractivity contribution in [3.8, 4) is 5.75 Å². The first kappa shape index (κ1) is 11.0. The quantitative estimate of drug-likeness (QED) is 0.742. The van der Waals surface area contributed by atoms with E-state index in [9.17, 15) is 18.3 Å². The number of rotatable bonds is 0. The van der Waals surface area contributed by atoms with Crippen molar-refractivity contribution >= 4 is 5.57 Å². The van der Waals surface area contributed by atoms with Gasteiger partial charge in [-0.15, -0.1) is 0 Å². The molecule has 1 aromatic carbocycles. The predicted octanol–water partition coefficient (Wildman–Crippen LogP) is 2.65. The predicted molar refractivity (Wildman–Crippen MR) is 51.8 cm³/mol. The fourth-order valence-corrected chi connectivity index (χ4v) is 1.59. The molecule has 0 saturated heterocycles. The normalized spacial score (nSPS) is 19.8. The molecule has 0 aromatic heterocycles. The van der Waals surface area contributed by atoms with Gasteiger partial charge < -0.3 is 9.84 Å². The lowest BCUT2D eigenvalue weighted by molar-refractivity contribution is -0.0729. The molecule has 0 bridgehead atoms. The third kappa shape index (κ3) is 1.90. The molecule has 1 N–H and O–H groups in total. The van der Waals surface area contributed by atoms with Gasteiger partial charge in [0.1, 0.15) is 5.75 Å². The van der Waals surface area contributed by atoms with Crippen molar-refractivity contribution in [2.24, 2.45) is 0 Å². The fourth-order valence-electron chi connectivity index (χ4n) is 1.59. The molecule has 1 heterocycles. The molecular weight excluding hydrogens is 221 g/mol. The third-order valence-corrected chi connectivity index (χ3v) is 2.29. The smallest absolute Gasteiger partial charge is 0.417 e. The van der Waals surface area contributed by atoms with Crippen molar-refractivity contribution < 1.29 is 23.0 Å². The summed E-state index contributed by atoms with van der Waals surface area (Å²) in [5.74, 6) is 0.0577. The number of aliphatic hydroxyl groups excluding tert-OH is 1. The van der Waals surface area contributed by atoms with Crippen LogP contribution in [0.25, 0.3) is 5.57 Å². The second-order valence-electron chi connectivity index (χ2n) is 3.59. The fraction of sp³-hybridized carbons (Fsp3) is 0.273. The molecule has 0 amide bonds. The van der Waals surface area contributed by atoms with E-state index in [2.05, 4.69) is 0 Å². The van der Waals surface area contributed by atoms with Gasteiger partial charge in [-0.2, -0.15) is 13.2 Å². The molecule has 86 valence electrons. The van der Waals surface area contributed by atoms with Gasteiger partial charge >= 0.3 is 6.18 Å². The van der Waals surface area contributed by atoms with Crippen LogP contribution >= 0.6 is 0 Å². The van der Waals surface area contributed by atoms with E-state index in [1.54, 1.807) is 13.0 Å². The first-order valence-electron chi connectivity index (χ1n) is 4.63. The zero-order chi connectivity index (χ0) is 11.9. The van der Waals surface area contributed by atoms with Gasteiger partial charge in [0, 0.05) is 5.56 Å². The van der Waals surface area contributed by atoms with Crippen LogP contribution in [0.15, 0.2) is 24.3 Å². The summed E-state index contributed by atoms with van der Waals surface area (Å²) in [6, 6.07) is 4.38. The van der Waals surface area contributed by atoms with Gasteiger partial charge in [0.2, 0.25) is 6.29 Å². The number of aliphatic hydroxyl groups is 1. The first-order valence-corrected chi connectivity index (χ1v) is 4.63. The minimum atomic E-state index is -4.49. The number of fused-ring (bicyclic) bond motifs is 1. The van der Waals surface area contributed by atoms with Crippen molar-refractivity contribution in [2.75, 3.05) is 0 Å². The molecule has 2 rings (SSSR count). The summed E-state index contributed by atoms with van der Waals surface area (Å²) in [6.07, 6.45) is -5.38. The lowest BCUT2D eigenvalue weighted by Gasteiger charge is -2.23. The van der Waals surface area contributed by atoms with E-state index in [0.717, 1.165) is 5.56 Å². The van der Waals surface area contributed by atoms with Gasteiger partial charge in [0.05, 0.1) is 5.57 Å². The van der Waals surface area contributed by atoms with Crippen molar-refractivity contribution in [3.05, 3.63) is 35.4 Å². The van der Waals surface area contributed by atoms with Crippen LogP contribution in [0.3, 0.4) is 0 Å². The zero-order valence-electron chi connectivity index (χ0n) is 8.38. The van der Waals surface area contributed by atoms with E-state index in [0.29, 0.717) is 6.08 Å². The molecule has 5 heteroatoms. The summed E-state index contributed by atoms with van der Waals surface area (Å²) in [6.45, 7) is 1.74. The third-order valence-electron chi connectivity index (χ3n) is 2.29. The SMILES string of the molecule is Cc1ccc2c(c1)OC(O)C=C2C(F)(F)F. The number of allylic oxidation sites excluding steroid dienone is 1. The van der Waals surface area contributed by atoms with Gasteiger partial charge in [0.15, 0.2) is 0 Å². The lowest BCUT2D eigenvalue weighted by Crippen LogP contribution is -2.23. The Kier molecular flexibility index (Phi) is 2.42. The van der Waals surface area contributed by atoms with E-state index in [1.807, 2.05) is 0 Å². The monoisotopic (exact) mass is 230 g/mol. The molecular formula is C11H9F3O2. The Hall–Kier alpha value is -1.49. The van der Waals surface area contributed by atoms with Crippen LogP contribution in [-0.2, 0) is 0 Å². The Bertz CT molecular complexity index is 449. The van der Waals surface area contributed by atoms with E-state index < -0.39 is 18.0 Å². The molecule has 1 aliphatic rings. The average molecular weight is 230 g/mol. The number of ether oxygens (including phenoxy) is 1. The first-order chi connectivity index (χ1) is 7.38. The lowest BCUT2D eigenvalue weighted by atomic mass is 10.0. The minimum Gasteiger partial charge on any atom is -0.461 e. The van der Waals surface area contributed by atoms with E-state index >= 15 is 0 Å². The molecule has 0 radical (unpaired) electrons. The van der Waals surface area contributed by atoms with Crippen LogP contribution in [0.5, 0.6) is 5.75 Å². The number of aryl methyl sites for hydroxylation is 1. The summed E-state index contributed by atoms with van der Waals surface area (Å²) in [5.41, 5.74) is -0.126. The van der Waals surface area contributed by atoms with E-state index in [1.165, 1.54) is 12.1 Å². The molecule has 2 nitrogen and oxygen atoms in total. The van der Waals surface area contributed by atoms with Crippen molar-refractivity contribution in [2.45, 2.75) is 19.4 Å². The standard InChI is InChI=1S/C11H9F3O2/c1-6-2-3-7-8(11(12,13)14)5-10(15)16-9(7)4-6/h2-5,10,15H,1H3. The highest BCUT2D eigenvalue weighted by molar-refractivity contribution is 5.76. The second kappa shape index (κ2) is 3.52.